The van der Waals surface area contributed by atoms with Crippen LogP contribution in [0.25, 0.3) is 5.65 Å². The number of pyridine rings is 1. The summed E-state index contributed by atoms with van der Waals surface area (Å²) < 4.78 is 2.64. The zero-order valence-corrected chi connectivity index (χ0v) is 13.1. The quantitative estimate of drug-likeness (QED) is 0.677. The van der Waals surface area contributed by atoms with E-state index < -0.39 is 11.9 Å². The van der Waals surface area contributed by atoms with Gasteiger partial charge in [-0.3, -0.25) is 14.9 Å². The van der Waals surface area contributed by atoms with Crippen molar-refractivity contribution < 1.29 is 9.59 Å². The second-order valence-electron chi connectivity index (χ2n) is 6.05. The number of nitrogens with zero attached hydrogens (tertiary/aromatic N) is 4. The van der Waals surface area contributed by atoms with Gasteiger partial charge < -0.3 is 10.2 Å². The van der Waals surface area contributed by atoms with Gasteiger partial charge in [-0.15, -0.1) is 5.10 Å². The number of imide groups is 1. The number of hydrogen-bond donors (Lipinski definition) is 2. The average molecular weight is 330 g/mol. The molecule has 0 bridgehead atoms. The number of carbonyl (C=O) groups excluding carboxylic acids is 2. The molecule has 0 spiro atoms. The van der Waals surface area contributed by atoms with Gasteiger partial charge in [-0.25, -0.2) is 9.20 Å². The number of piperidine rings is 1. The van der Waals surface area contributed by atoms with Gasteiger partial charge >= 0.3 is 5.69 Å². The highest BCUT2D eigenvalue weighted by molar-refractivity contribution is 5.99. The SMILES string of the molecule is O=C1CCC(n2nc3ccc(N4CCNCC4)cn3c2=O)C(=O)N1. The highest BCUT2D eigenvalue weighted by atomic mass is 16.2. The summed E-state index contributed by atoms with van der Waals surface area (Å²) in [6.45, 7) is 3.56. The molecule has 2 saturated heterocycles. The van der Waals surface area contributed by atoms with Gasteiger partial charge in [0, 0.05) is 38.8 Å². The molecule has 0 aliphatic carbocycles. The predicted molar refractivity (Wildman–Crippen MR) is 86.0 cm³/mol. The second-order valence-corrected chi connectivity index (χ2v) is 6.05. The van der Waals surface area contributed by atoms with Crippen LogP contribution in [-0.2, 0) is 9.59 Å². The monoisotopic (exact) mass is 330 g/mol. The molecule has 4 rings (SSSR count). The topological polar surface area (TPSA) is 101 Å². The van der Waals surface area contributed by atoms with Crippen molar-refractivity contribution in [2.75, 3.05) is 31.1 Å². The van der Waals surface area contributed by atoms with E-state index in [-0.39, 0.29) is 18.0 Å². The number of amides is 2. The highest BCUT2D eigenvalue weighted by Crippen LogP contribution is 2.18. The summed E-state index contributed by atoms with van der Waals surface area (Å²) in [5, 5.41) is 9.81. The standard InChI is InChI=1S/C15H18N6O3/c22-13-4-2-11(14(23)17-13)21-15(24)20-9-10(1-3-12(20)18-21)19-7-5-16-6-8-19/h1,3,9,11,16H,2,4-8H2,(H,17,22,23). The van der Waals surface area contributed by atoms with Gasteiger partial charge in [0.15, 0.2) is 5.65 Å². The van der Waals surface area contributed by atoms with Gasteiger partial charge in [0.1, 0.15) is 6.04 Å². The maximum absolute atomic E-state index is 12.7. The Morgan fingerprint density at radius 1 is 1.12 bits per heavy atom. The lowest BCUT2D eigenvalue weighted by atomic mass is 10.1. The first-order valence-corrected chi connectivity index (χ1v) is 8.04. The maximum atomic E-state index is 12.7. The first kappa shape index (κ1) is 14.9. The van der Waals surface area contributed by atoms with Crippen LogP contribution in [0.15, 0.2) is 23.1 Å². The minimum Gasteiger partial charge on any atom is -0.368 e. The summed E-state index contributed by atoms with van der Waals surface area (Å²) >= 11 is 0. The minimum absolute atomic E-state index is 0.211. The van der Waals surface area contributed by atoms with Gasteiger partial charge in [-0.2, -0.15) is 4.68 Å². The molecule has 0 radical (unpaired) electrons. The van der Waals surface area contributed by atoms with Crippen molar-refractivity contribution >= 4 is 23.1 Å². The summed E-state index contributed by atoms with van der Waals surface area (Å²) in [4.78, 5) is 38.1. The number of nitrogens with one attached hydrogen (secondary N) is 2. The van der Waals surface area contributed by atoms with Gasteiger partial charge in [0.25, 0.3) is 5.91 Å². The van der Waals surface area contributed by atoms with Crippen LogP contribution in [0, 0.1) is 0 Å². The number of hydrogen-bond acceptors (Lipinski definition) is 6. The molecule has 9 heteroatoms. The Bertz CT molecular complexity index is 864. The lowest BCUT2D eigenvalue weighted by molar-refractivity contribution is -0.136. The summed E-state index contributed by atoms with van der Waals surface area (Å²) in [7, 11) is 0. The van der Waals surface area contributed by atoms with E-state index in [1.807, 2.05) is 6.07 Å². The van der Waals surface area contributed by atoms with Crippen LogP contribution in [0.3, 0.4) is 0 Å². The Hall–Kier alpha value is -2.68. The second kappa shape index (κ2) is 5.75. The van der Waals surface area contributed by atoms with E-state index in [4.69, 9.17) is 0 Å². The third kappa shape index (κ3) is 2.46. The van der Waals surface area contributed by atoms with Gasteiger partial charge in [0.05, 0.1) is 5.69 Å². The third-order valence-corrected chi connectivity index (χ3v) is 4.51. The molecule has 2 aliphatic heterocycles. The summed E-state index contributed by atoms with van der Waals surface area (Å²) in [6, 6.07) is 2.97. The van der Waals surface area contributed by atoms with E-state index in [0.29, 0.717) is 12.1 Å². The van der Waals surface area contributed by atoms with Crippen molar-refractivity contribution in [1.29, 1.82) is 0 Å². The van der Waals surface area contributed by atoms with Crippen LogP contribution < -0.4 is 21.2 Å². The summed E-state index contributed by atoms with van der Waals surface area (Å²) in [5.41, 5.74) is 1.08. The van der Waals surface area contributed by atoms with Crippen molar-refractivity contribution in [3.05, 3.63) is 28.8 Å². The van der Waals surface area contributed by atoms with Gasteiger partial charge in [-0.05, 0) is 18.6 Å². The van der Waals surface area contributed by atoms with E-state index in [9.17, 15) is 14.4 Å². The molecule has 1 unspecified atom stereocenters. The first-order chi connectivity index (χ1) is 11.6. The number of fused-ring (bicyclic) bond motifs is 1. The molecular formula is C15H18N6O3. The Morgan fingerprint density at radius 2 is 1.92 bits per heavy atom. The molecule has 0 saturated carbocycles. The fourth-order valence-corrected chi connectivity index (χ4v) is 3.21. The Labute approximate surface area is 137 Å². The lowest BCUT2D eigenvalue weighted by Crippen LogP contribution is -2.44. The fourth-order valence-electron chi connectivity index (χ4n) is 3.21. The van der Waals surface area contributed by atoms with Crippen LogP contribution in [-0.4, -0.2) is 52.2 Å². The summed E-state index contributed by atoms with van der Waals surface area (Å²) in [6.07, 6.45) is 2.26. The van der Waals surface area contributed by atoms with Crippen molar-refractivity contribution in [2.24, 2.45) is 0 Å². The molecular weight excluding hydrogens is 312 g/mol. The lowest BCUT2D eigenvalue weighted by Gasteiger charge is -2.29. The molecule has 2 aromatic rings. The minimum atomic E-state index is -0.738. The third-order valence-electron chi connectivity index (χ3n) is 4.51. The summed E-state index contributed by atoms with van der Waals surface area (Å²) in [5.74, 6) is -0.784. The van der Waals surface area contributed by atoms with Crippen LogP contribution in [0.2, 0.25) is 0 Å². The Kier molecular flexibility index (Phi) is 3.57. The van der Waals surface area contributed by atoms with E-state index in [1.54, 1.807) is 12.3 Å². The Morgan fingerprint density at radius 3 is 2.67 bits per heavy atom. The van der Waals surface area contributed by atoms with Crippen molar-refractivity contribution in [2.45, 2.75) is 18.9 Å². The molecule has 2 amide bonds. The molecule has 0 aromatic carbocycles. The van der Waals surface area contributed by atoms with Crippen LogP contribution in [0.1, 0.15) is 18.9 Å². The molecule has 2 aromatic heterocycles. The smallest absolute Gasteiger partial charge is 0.351 e. The maximum Gasteiger partial charge on any atom is 0.351 e. The van der Waals surface area contributed by atoms with Crippen molar-refractivity contribution in [3.63, 3.8) is 0 Å². The molecule has 24 heavy (non-hydrogen) atoms. The average Bonchev–Trinajstić information content (AvgIpc) is 2.92. The normalized spacial score (nSPS) is 22.0. The van der Waals surface area contributed by atoms with E-state index in [1.165, 1.54) is 9.08 Å². The van der Waals surface area contributed by atoms with Crippen molar-refractivity contribution in [1.82, 2.24) is 24.8 Å². The number of anilines is 1. The highest BCUT2D eigenvalue weighted by Gasteiger charge is 2.30. The molecule has 4 heterocycles. The molecule has 2 N–H and O–H groups in total. The number of aromatic nitrogens is 3. The van der Waals surface area contributed by atoms with E-state index >= 15 is 0 Å². The zero-order valence-electron chi connectivity index (χ0n) is 13.1. The molecule has 2 fully saturated rings. The van der Waals surface area contributed by atoms with Crippen LogP contribution >= 0.6 is 0 Å². The number of piperazine rings is 1. The zero-order chi connectivity index (χ0) is 16.7. The molecule has 1 atom stereocenters. The number of rotatable bonds is 2. The predicted octanol–water partition coefficient (Wildman–Crippen LogP) is -1.12. The van der Waals surface area contributed by atoms with Gasteiger partial charge in [-0.1, -0.05) is 0 Å². The van der Waals surface area contributed by atoms with E-state index in [2.05, 4.69) is 20.6 Å². The molecule has 2 aliphatic rings. The van der Waals surface area contributed by atoms with E-state index in [0.717, 1.165) is 31.9 Å². The molecule has 126 valence electrons. The number of carbonyl (C=O) groups is 2. The molecule has 9 nitrogen and oxygen atoms in total. The fraction of sp³-hybridized carbons (Fsp3) is 0.467. The van der Waals surface area contributed by atoms with Gasteiger partial charge in [0.2, 0.25) is 5.91 Å². The van der Waals surface area contributed by atoms with Crippen LogP contribution in [0.4, 0.5) is 5.69 Å². The Balaban J connectivity index is 1.71. The largest absolute Gasteiger partial charge is 0.368 e. The van der Waals surface area contributed by atoms with Crippen molar-refractivity contribution in [3.8, 4) is 0 Å². The van der Waals surface area contributed by atoms with Crippen LogP contribution in [0.5, 0.6) is 0 Å². The first-order valence-electron chi connectivity index (χ1n) is 8.04.